The molecule has 0 unspecified atom stereocenters. The van der Waals surface area contributed by atoms with Crippen molar-refractivity contribution < 1.29 is 31.1 Å². The van der Waals surface area contributed by atoms with Crippen LogP contribution in [0.15, 0.2) is 47.4 Å². The van der Waals surface area contributed by atoms with Gasteiger partial charge in [-0.15, -0.1) is 0 Å². The Hall–Kier alpha value is -2.46. The van der Waals surface area contributed by atoms with Gasteiger partial charge in [-0.05, 0) is 49.4 Å². The van der Waals surface area contributed by atoms with Gasteiger partial charge >= 0.3 is 12.3 Å². The summed E-state index contributed by atoms with van der Waals surface area (Å²) in [5, 5.41) is 2.06. The molecule has 0 aromatic heterocycles. The van der Waals surface area contributed by atoms with E-state index in [0.29, 0.717) is 17.8 Å². The number of halogens is 4. The van der Waals surface area contributed by atoms with Gasteiger partial charge in [0, 0.05) is 11.4 Å². The molecule has 0 atom stereocenters. The normalized spacial score (nSPS) is 11.7. The molecule has 0 spiro atoms. The van der Waals surface area contributed by atoms with Crippen LogP contribution in [0.5, 0.6) is 0 Å². The monoisotopic (exact) mass is 422 g/mol. The van der Waals surface area contributed by atoms with Crippen molar-refractivity contribution in [2.45, 2.75) is 18.0 Å². The number of ether oxygens (including phenoxy) is 1. The van der Waals surface area contributed by atoms with E-state index >= 15 is 0 Å². The predicted octanol–water partition coefficient (Wildman–Crippen LogP) is 4.73. The molecule has 146 valence electrons. The number of nitrogens with one attached hydrogen (secondary N) is 2. The number of sulfonamides is 1. The molecule has 2 rings (SSSR count). The standard InChI is InChI=1S/C16H14ClF3N2O4S/c1-2-26-15(23)21-11-4-6-12(7-5-11)22-27(24,25)14-9-10(16(18,19)20)3-8-13(14)17/h3-9,22H,2H2,1H3,(H,21,23). The Morgan fingerprint density at radius 3 is 2.26 bits per heavy atom. The van der Waals surface area contributed by atoms with Crippen molar-refractivity contribution in [3.8, 4) is 0 Å². The Morgan fingerprint density at radius 1 is 1.11 bits per heavy atom. The second-order valence-corrected chi connectivity index (χ2v) is 7.23. The first kappa shape index (κ1) is 20.8. The van der Waals surface area contributed by atoms with Gasteiger partial charge in [0.2, 0.25) is 0 Å². The zero-order valence-electron chi connectivity index (χ0n) is 13.8. The van der Waals surface area contributed by atoms with Gasteiger partial charge in [0.1, 0.15) is 4.90 Å². The van der Waals surface area contributed by atoms with E-state index in [-0.39, 0.29) is 17.3 Å². The van der Waals surface area contributed by atoms with E-state index in [1.807, 2.05) is 0 Å². The van der Waals surface area contributed by atoms with E-state index in [0.717, 1.165) is 6.07 Å². The molecule has 0 fully saturated rings. The van der Waals surface area contributed by atoms with Crippen molar-refractivity contribution in [3.05, 3.63) is 53.1 Å². The lowest BCUT2D eigenvalue weighted by molar-refractivity contribution is -0.137. The summed E-state index contributed by atoms with van der Waals surface area (Å²) in [4.78, 5) is 10.6. The van der Waals surface area contributed by atoms with Crippen molar-refractivity contribution in [1.29, 1.82) is 0 Å². The second kappa shape index (κ2) is 8.05. The smallest absolute Gasteiger partial charge is 0.416 e. The molecule has 2 aromatic carbocycles. The van der Waals surface area contributed by atoms with E-state index in [2.05, 4.69) is 10.0 Å². The van der Waals surface area contributed by atoms with Crippen molar-refractivity contribution in [2.75, 3.05) is 16.6 Å². The van der Waals surface area contributed by atoms with Crippen LogP contribution in [0.2, 0.25) is 5.02 Å². The lowest BCUT2D eigenvalue weighted by Gasteiger charge is -2.13. The van der Waals surface area contributed by atoms with Gasteiger partial charge in [0.15, 0.2) is 0 Å². The van der Waals surface area contributed by atoms with E-state index < -0.39 is 32.8 Å². The second-order valence-electron chi connectivity index (χ2n) is 5.17. The number of carbonyl (C=O) groups is 1. The van der Waals surface area contributed by atoms with E-state index in [4.69, 9.17) is 16.3 Å². The summed E-state index contributed by atoms with van der Waals surface area (Å²) in [6.07, 6.45) is -5.39. The highest BCUT2D eigenvalue weighted by Crippen LogP contribution is 2.34. The van der Waals surface area contributed by atoms with Crippen LogP contribution in [0, 0.1) is 0 Å². The fourth-order valence-electron chi connectivity index (χ4n) is 2.00. The molecule has 27 heavy (non-hydrogen) atoms. The average Bonchev–Trinajstić information content (AvgIpc) is 2.55. The van der Waals surface area contributed by atoms with E-state index in [9.17, 15) is 26.4 Å². The summed E-state index contributed by atoms with van der Waals surface area (Å²) >= 11 is 5.76. The minimum atomic E-state index is -4.71. The quantitative estimate of drug-likeness (QED) is 0.729. The number of carbonyl (C=O) groups excluding carboxylic acids is 1. The Balaban J connectivity index is 2.23. The van der Waals surface area contributed by atoms with Gasteiger partial charge in [0.05, 0.1) is 17.2 Å². The average molecular weight is 423 g/mol. The predicted molar refractivity (Wildman–Crippen MR) is 94.3 cm³/mol. The van der Waals surface area contributed by atoms with Gasteiger partial charge in [-0.1, -0.05) is 11.6 Å². The van der Waals surface area contributed by atoms with E-state index in [1.165, 1.54) is 24.3 Å². The Labute approximate surface area is 158 Å². The molecule has 0 aliphatic rings. The Kier molecular flexibility index (Phi) is 6.22. The van der Waals surface area contributed by atoms with Crippen LogP contribution in [-0.4, -0.2) is 21.1 Å². The van der Waals surface area contributed by atoms with Crippen LogP contribution in [0.4, 0.5) is 29.3 Å². The molecule has 0 saturated carbocycles. The van der Waals surface area contributed by atoms with Gasteiger partial charge in [-0.2, -0.15) is 13.2 Å². The van der Waals surface area contributed by atoms with Crippen molar-refractivity contribution >= 4 is 39.1 Å². The highest BCUT2D eigenvalue weighted by atomic mass is 35.5. The molecule has 2 aromatic rings. The topological polar surface area (TPSA) is 84.5 Å². The first-order chi connectivity index (χ1) is 12.5. The maximum atomic E-state index is 12.8. The van der Waals surface area contributed by atoms with Gasteiger partial charge in [-0.3, -0.25) is 10.0 Å². The van der Waals surface area contributed by atoms with Crippen LogP contribution in [0.1, 0.15) is 12.5 Å². The summed E-state index contributed by atoms with van der Waals surface area (Å²) in [5.74, 6) is 0. The first-order valence-electron chi connectivity index (χ1n) is 7.46. The Morgan fingerprint density at radius 2 is 1.70 bits per heavy atom. The molecule has 0 bridgehead atoms. The maximum absolute atomic E-state index is 12.8. The summed E-state index contributed by atoms with van der Waals surface area (Å²) in [7, 11) is -4.37. The fourth-order valence-corrected chi connectivity index (χ4v) is 3.59. The van der Waals surface area contributed by atoms with Crippen molar-refractivity contribution in [2.24, 2.45) is 0 Å². The number of hydrogen-bond donors (Lipinski definition) is 2. The third kappa shape index (κ3) is 5.51. The van der Waals surface area contributed by atoms with Crippen LogP contribution < -0.4 is 10.0 Å². The van der Waals surface area contributed by atoms with Gasteiger partial charge < -0.3 is 4.74 Å². The molecule has 2 N–H and O–H groups in total. The SMILES string of the molecule is CCOC(=O)Nc1ccc(NS(=O)(=O)c2cc(C(F)(F)F)ccc2Cl)cc1. The molecule has 0 radical (unpaired) electrons. The number of anilines is 2. The third-order valence-electron chi connectivity index (χ3n) is 3.21. The number of alkyl halides is 3. The maximum Gasteiger partial charge on any atom is 0.416 e. The largest absolute Gasteiger partial charge is 0.450 e. The summed E-state index contributed by atoms with van der Waals surface area (Å²) in [6, 6.07) is 7.44. The Bertz CT molecular complexity index is 932. The zero-order chi connectivity index (χ0) is 20.2. The first-order valence-corrected chi connectivity index (χ1v) is 9.32. The van der Waals surface area contributed by atoms with Gasteiger partial charge in [-0.25, -0.2) is 13.2 Å². The van der Waals surface area contributed by atoms with Crippen molar-refractivity contribution in [3.63, 3.8) is 0 Å². The van der Waals surface area contributed by atoms with Crippen LogP contribution in [0.3, 0.4) is 0 Å². The molecular weight excluding hydrogens is 409 g/mol. The molecule has 1 amide bonds. The molecule has 0 aliphatic carbocycles. The lowest BCUT2D eigenvalue weighted by atomic mass is 10.2. The number of amides is 1. The molecule has 0 aliphatic heterocycles. The van der Waals surface area contributed by atoms with Crippen LogP contribution in [0.25, 0.3) is 0 Å². The van der Waals surface area contributed by atoms with E-state index in [1.54, 1.807) is 6.92 Å². The lowest BCUT2D eigenvalue weighted by Crippen LogP contribution is -2.16. The molecule has 0 heterocycles. The number of benzene rings is 2. The minimum Gasteiger partial charge on any atom is -0.450 e. The highest BCUT2D eigenvalue weighted by Gasteiger charge is 2.32. The van der Waals surface area contributed by atoms with Gasteiger partial charge in [0.25, 0.3) is 10.0 Å². The minimum absolute atomic E-state index is 0.0675. The van der Waals surface area contributed by atoms with Crippen molar-refractivity contribution in [1.82, 2.24) is 0 Å². The number of hydrogen-bond acceptors (Lipinski definition) is 4. The summed E-state index contributed by atoms with van der Waals surface area (Å²) in [5.41, 5.74) is -0.729. The highest BCUT2D eigenvalue weighted by molar-refractivity contribution is 7.92. The van der Waals surface area contributed by atoms with Crippen LogP contribution in [-0.2, 0) is 20.9 Å². The number of rotatable bonds is 5. The molecular formula is C16H14ClF3N2O4S. The van der Waals surface area contributed by atoms with Crippen LogP contribution >= 0.6 is 11.6 Å². The fraction of sp³-hybridized carbons (Fsp3) is 0.188. The summed E-state index contributed by atoms with van der Waals surface area (Å²) in [6.45, 7) is 1.82. The third-order valence-corrected chi connectivity index (χ3v) is 5.07. The molecule has 6 nitrogen and oxygen atoms in total. The zero-order valence-corrected chi connectivity index (χ0v) is 15.4. The summed E-state index contributed by atoms with van der Waals surface area (Å²) < 4.78 is 70.1. The molecule has 0 saturated heterocycles. The molecule has 11 heteroatoms.